The van der Waals surface area contributed by atoms with Crippen LogP contribution in [-0.4, -0.2) is 23.2 Å². The van der Waals surface area contributed by atoms with Gasteiger partial charge in [0.15, 0.2) is 0 Å². The van der Waals surface area contributed by atoms with Gasteiger partial charge in [0.2, 0.25) is 0 Å². The predicted molar refractivity (Wildman–Crippen MR) is 83.7 cm³/mol. The molecule has 0 spiro atoms. The Bertz CT molecular complexity index is 678. The molecule has 1 atom stereocenters. The summed E-state index contributed by atoms with van der Waals surface area (Å²) in [5.41, 5.74) is 1.01. The molecule has 0 saturated carbocycles. The van der Waals surface area contributed by atoms with Crippen molar-refractivity contribution in [2.45, 2.75) is 5.37 Å². The molecule has 22 heavy (non-hydrogen) atoms. The van der Waals surface area contributed by atoms with Crippen molar-refractivity contribution >= 4 is 23.5 Å². The molecule has 0 radical (unpaired) electrons. The first-order valence-electron chi connectivity index (χ1n) is 6.84. The molecule has 0 bridgehead atoms. The molecule has 0 aromatic heterocycles. The topological polar surface area (TPSA) is 32.3 Å². The summed E-state index contributed by atoms with van der Waals surface area (Å²) < 4.78 is 26.6. The van der Waals surface area contributed by atoms with Crippen LogP contribution in [0, 0.1) is 11.6 Å². The minimum absolute atomic E-state index is 0.155. The van der Waals surface area contributed by atoms with Crippen LogP contribution in [0.4, 0.5) is 19.3 Å². The fraction of sp³-hybridized carbons (Fsp3) is 0.188. The third-order valence-corrected chi connectivity index (χ3v) is 4.68. The van der Waals surface area contributed by atoms with Gasteiger partial charge in [-0.1, -0.05) is 24.3 Å². The number of nitrogens with zero attached hydrogens (tertiary/aromatic N) is 1. The van der Waals surface area contributed by atoms with Crippen LogP contribution >= 0.6 is 11.8 Å². The van der Waals surface area contributed by atoms with Gasteiger partial charge in [-0.25, -0.2) is 13.6 Å². The van der Waals surface area contributed by atoms with E-state index in [-0.39, 0.29) is 22.9 Å². The van der Waals surface area contributed by atoms with Crippen molar-refractivity contribution in [2.75, 3.05) is 17.6 Å². The lowest BCUT2D eigenvalue weighted by atomic mass is 10.2. The van der Waals surface area contributed by atoms with Crippen LogP contribution < -0.4 is 5.32 Å². The van der Waals surface area contributed by atoms with Crippen molar-refractivity contribution in [1.29, 1.82) is 0 Å². The van der Waals surface area contributed by atoms with Gasteiger partial charge in [0, 0.05) is 12.3 Å². The van der Waals surface area contributed by atoms with E-state index in [0.717, 1.165) is 11.3 Å². The number of thioether (sulfide) groups is 1. The van der Waals surface area contributed by atoms with Gasteiger partial charge in [0.1, 0.15) is 17.0 Å². The highest BCUT2D eigenvalue weighted by Gasteiger charge is 2.31. The van der Waals surface area contributed by atoms with E-state index in [1.807, 2.05) is 0 Å². The van der Waals surface area contributed by atoms with E-state index >= 15 is 0 Å². The number of hydrogen-bond acceptors (Lipinski definition) is 2. The van der Waals surface area contributed by atoms with Crippen molar-refractivity contribution in [1.82, 2.24) is 4.90 Å². The molecule has 2 amide bonds. The van der Waals surface area contributed by atoms with Gasteiger partial charge in [-0.15, -0.1) is 11.8 Å². The second-order valence-electron chi connectivity index (χ2n) is 4.88. The molecule has 0 aliphatic carbocycles. The Balaban J connectivity index is 1.76. The van der Waals surface area contributed by atoms with Crippen LogP contribution in [0.2, 0.25) is 0 Å². The van der Waals surface area contributed by atoms with Crippen molar-refractivity contribution in [3.63, 3.8) is 0 Å². The van der Waals surface area contributed by atoms with Crippen LogP contribution in [0.5, 0.6) is 0 Å². The maximum Gasteiger partial charge on any atom is 0.323 e. The van der Waals surface area contributed by atoms with E-state index in [4.69, 9.17) is 0 Å². The van der Waals surface area contributed by atoms with Crippen LogP contribution in [-0.2, 0) is 0 Å². The van der Waals surface area contributed by atoms with E-state index < -0.39 is 5.82 Å². The Morgan fingerprint density at radius 2 is 1.86 bits per heavy atom. The lowest BCUT2D eigenvalue weighted by molar-refractivity contribution is 0.214. The Morgan fingerprint density at radius 1 is 1.14 bits per heavy atom. The summed E-state index contributed by atoms with van der Waals surface area (Å²) in [7, 11) is 0. The molecule has 114 valence electrons. The van der Waals surface area contributed by atoms with E-state index in [1.165, 1.54) is 24.3 Å². The lowest BCUT2D eigenvalue weighted by Crippen LogP contribution is -2.34. The Morgan fingerprint density at radius 3 is 2.59 bits per heavy atom. The second kappa shape index (κ2) is 6.36. The first kappa shape index (κ1) is 14.8. The molecule has 0 unspecified atom stereocenters. The molecule has 3 rings (SSSR count). The summed E-state index contributed by atoms with van der Waals surface area (Å²) in [6.45, 7) is 0.562. The number of hydrogen-bond donors (Lipinski definition) is 1. The largest absolute Gasteiger partial charge is 0.323 e. The summed E-state index contributed by atoms with van der Waals surface area (Å²) >= 11 is 1.60. The van der Waals surface area contributed by atoms with Gasteiger partial charge in [0.05, 0.1) is 5.69 Å². The predicted octanol–water partition coefficient (Wildman–Crippen LogP) is 4.24. The van der Waals surface area contributed by atoms with E-state index in [2.05, 4.69) is 5.32 Å². The van der Waals surface area contributed by atoms with Gasteiger partial charge in [-0.05, 0) is 29.8 Å². The number of para-hydroxylation sites is 1. The van der Waals surface area contributed by atoms with E-state index in [9.17, 15) is 13.6 Å². The number of nitrogens with one attached hydrogen (secondary N) is 1. The monoisotopic (exact) mass is 320 g/mol. The molecular weight excluding hydrogens is 306 g/mol. The quantitative estimate of drug-likeness (QED) is 0.897. The SMILES string of the molecule is O=C(Nc1ccccc1F)N1CCS[C@@H]1c1ccc(F)cc1. The number of amides is 2. The van der Waals surface area contributed by atoms with E-state index in [1.54, 1.807) is 40.9 Å². The number of urea groups is 1. The van der Waals surface area contributed by atoms with Crippen LogP contribution in [0.15, 0.2) is 48.5 Å². The summed E-state index contributed by atoms with van der Waals surface area (Å²) in [5, 5.41) is 2.40. The molecule has 1 saturated heterocycles. The number of rotatable bonds is 2. The molecule has 1 N–H and O–H groups in total. The highest BCUT2D eigenvalue weighted by Crippen LogP contribution is 2.38. The lowest BCUT2D eigenvalue weighted by Gasteiger charge is -2.24. The number of carbonyl (C=O) groups excluding carboxylic acids is 1. The fourth-order valence-electron chi connectivity index (χ4n) is 2.33. The normalized spacial score (nSPS) is 17.5. The van der Waals surface area contributed by atoms with Crippen LogP contribution in [0.25, 0.3) is 0 Å². The minimum Gasteiger partial charge on any atom is -0.308 e. The zero-order valence-electron chi connectivity index (χ0n) is 11.6. The third kappa shape index (κ3) is 3.06. The average molecular weight is 320 g/mol. The second-order valence-corrected chi connectivity index (χ2v) is 6.07. The van der Waals surface area contributed by atoms with E-state index in [0.29, 0.717) is 6.54 Å². The molecule has 3 nitrogen and oxygen atoms in total. The zero-order chi connectivity index (χ0) is 15.5. The van der Waals surface area contributed by atoms with Gasteiger partial charge in [-0.3, -0.25) is 0 Å². The van der Waals surface area contributed by atoms with Crippen molar-refractivity contribution in [2.24, 2.45) is 0 Å². The van der Waals surface area contributed by atoms with Crippen molar-refractivity contribution in [3.8, 4) is 0 Å². The number of benzene rings is 2. The van der Waals surface area contributed by atoms with Gasteiger partial charge in [0.25, 0.3) is 0 Å². The highest BCUT2D eigenvalue weighted by atomic mass is 32.2. The molecule has 1 aliphatic rings. The van der Waals surface area contributed by atoms with Crippen LogP contribution in [0.1, 0.15) is 10.9 Å². The molecule has 1 aliphatic heterocycles. The third-order valence-electron chi connectivity index (χ3n) is 3.42. The van der Waals surface area contributed by atoms with Crippen molar-refractivity contribution < 1.29 is 13.6 Å². The summed E-state index contributed by atoms with van der Waals surface area (Å²) in [5.74, 6) is 0.00218. The summed E-state index contributed by atoms with van der Waals surface area (Å²) in [6.07, 6.45) is 0. The summed E-state index contributed by atoms with van der Waals surface area (Å²) in [6, 6.07) is 11.8. The molecule has 6 heteroatoms. The first-order valence-corrected chi connectivity index (χ1v) is 7.89. The number of carbonyl (C=O) groups is 1. The van der Waals surface area contributed by atoms with Gasteiger partial charge >= 0.3 is 6.03 Å². The van der Waals surface area contributed by atoms with Crippen LogP contribution in [0.3, 0.4) is 0 Å². The maximum atomic E-state index is 13.6. The van der Waals surface area contributed by atoms with Crippen molar-refractivity contribution in [3.05, 3.63) is 65.7 Å². The Hall–Kier alpha value is -2.08. The van der Waals surface area contributed by atoms with Gasteiger partial charge < -0.3 is 10.2 Å². The minimum atomic E-state index is -0.471. The number of halogens is 2. The molecule has 1 fully saturated rings. The highest BCUT2D eigenvalue weighted by molar-refractivity contribution is 7.99. The average Bonchev–Trinajstić information content (AvgIpc) is 3.00. The fourth-order valence-corrected chi connectivity index (χ4v) is 3.59. The molecule has 2 aromatic rings. The first-order chi connectivity index (χ1) is 10.6. The Kier molecular flexibility index (Phi) is 4.29. The smallest absolute Gasteiger partial charge is 0.308 e. The maximum absolute atomic E-state index is 13.6. The summed E-state index contributed by atoms with van der Waals surface area (Å²) in [4.78, 5) is 14.0. The van der Waals surface area contributed by atoms with Gasteiger partial charge in [-0.2, -0.15) is 0 Å². The molecular formula is C16H14F2N2OS. The molecule has 2 aromatic carbocycles. The molecule has 1 heterocycles. The number of anilines is 1. The zero-order valence-corrected chi connectivity index (χ0v) is 12.4. The Labute approximate surface area is 131 Å². The standard InChI is InChI=1S/C16H14F2N2OS/c17-12-7-5-11(6-8-12)15-20(9-10-22-15)16(21)19-14-4-2-1-3-13(14)18/h1-8,15H,9-10H2,(H,19,21)/t15-/m1/s1.